The van der Waals surface area contributed by atoms with Crippen molar-refractivity contribution in [1.29, 1.82) is 0 Å². The predicted octanol–water partition coefficient (Wildman–Crippen LogP) is 2.33. The van der Waals surface area contributed by atoms with Crippen molar-refractivity contribution in [2.45, 2.75) is 70.4 Å². The molecule has 116 valence electrons. The number of hydrogen-bond acceptors (Lipinski definition) is 3. The highest BCUT2D eigenvalue weighted by atomic mass is 16.5. The summed E-state index contributed by atoms with van der Waals surface area (Å²) in [5.41, 5.74) is 0. The van der Waals surface area contributed by atoms with E-state index >= 15 is 0 Å². The fourth-order valence-corrected chi connectivity index (χ4v) is 3.15. The van der Waals surface area contributed by atoms with Crippen molar-refractivity contribution < 1.29 is 9.53 Å². The average Bonchev–Trinajstić information content (AvgIpc) is 2.76. The van der Waals surface area contributed by atoms with Gasteiger partial charge in [-0.15, -0.1) is 0 Å². The van der Waals surface area contributed by atoms with Crippen molar-refractivity contribution in [3.05, 3.63) is 0 Å². The summed E-state index contributed by atoms with van der Waals surface area (Å²) in [6.07, 6.45) is 9.95. The van der Waals surface area contributed by atoms with Crippen LogP contribution in [0.15, 0.2) is 0 Å². The second kappa shape index (κ2) is 8.63. The second-order valence-corrected chi connectivity index (χ2v) is 6.19. The lowest BCUT2D eigenvalue weighted by Gasteiger charge is -2.26. The molecular formula is C16H30N2O2. The monoisotopic (exact) mass is 282 g/mol. The standard InChI is InChI=1S/C16H30N2O2/c1-14(16(19)18-11-5-2-3-6-12-18)17-10-9-15-8-4-7-13-20-15/h14-15,17H,2-13H2,1H3. The Morgan fingerprint density at radius 1 is 1.20 bits per heavy atom. The molecule has 0 aromatic rings. The topological polar surface area (TPSA) is 41.6 Å². The molecule has 1 amide bonds. The summed E-state index contributed by atoms with van der Waals surface area (Å²) in [6, 6.07) is -0.0586. The van der Waals surface area contributed by atoms with Gasteiger partial charge in [-0.2, -0.15) is 0 Å². The molecule has 0 aromatic carbocycles. The molecule has 4 nitrogen and oxygen atoms in total. The third kappa shape index (κ3) is 5.06. The maximum Gasteiger partial charge on any atom is 0.239 e. The van der Waals surface area contributed by atoms with Gasteiger partial charge in [0.2, 0.25) is 5.91 Å². The van der Waals surface area contributed by atoms with Crippen LogP contribution in [0, 0.1) is 0 Å². The number of amides is 1. The highest BCUT2D eigenvalue weighted by Gasteiger charge is 2.21. The quantitative estimate of drug-likeness (QED) is 0.841. The molecular weight excluding hydrogens is 252 g/mol. The van der Waals surface area contributed by atoms with Crippen LogP contribution in [-0.2, 0) is 9.53 Å². The third-order valence-electron chi connectivity index (χ3n) is 4.48. The molecule has 2 rings (SSSR count). The van der Waals surface area contributed by atoms with Crippen LogP contribution < -0.4 is 5.32 Å². The van der Waals surface area contributed by atoms with Crippen LogP contribution >= 0.6 is 0 Å². The molecule has 0 saturated carbocycles. The lowest BCUT2D eigenvalue weighted by molar-refractivity contribution is -0.133. The highest BCUT2D eigenvalue weighted by molar-refractivity contribution is 5.81. The number of carbonyl (C=O) groups excluding carboxylic acids is 1. The number of rotatable bonds is 5. The Hall–Kier alpha value is -0.610. The Bertz CT molecular complexity index is 282. The predicted molar refractivity (Wildman–Crippen MR) is 80.7 cm³/mol. The Balaban J connectivity index is 1.64. The van der Waals surface area contributed by atoms with Crippen molar-refractivity contribution in [3.8, 4) is 0 Å². The van der Waals surface area contributed by atoms with Gasteiger partial charge in [-0.25, -0.2) is 0 Å². The zero-order valence-electron chi connectivity index (χ0n) is 12.9. The number of hydrogen-bond donors (Lipinski definition) is 1. The molecule has 20 heavy (non-hydrogen) atoms. The van der Waals surface area contributed by atoms with Crippen LogP contribution in [0.2, 0.25) is 0 Å². The van der Waals surface area contributed by atoms with E-state index in [4.69, 9.17) is 4.74 Å². The maximum absolute atomic E-state index is 12.4. The van der Waals surface area contributed by atoms with Crippen LogP contribution in [0.25, 0.3) is 0 Å². The Morgan fingerprint density at radius 3 is 2.60 bits per heavy atom. The minimum Gasteiger partial charge on any atom is -0.378 e. The second-order valence-electron chi connectivity index (χ2n) is 6.19. The largest absolute Gasteiger partial charge is 0.378 e. The Labute approximate surface area is 123 Å². The van der Waals surface area contributed by atoms with E-state index in [9.17, 15) is 4.79 Å². The Morgan fingerprint density at radius 2 is 1.95 bits per heavy atom. The highest BCUT2D eigenvalue weighted by Crippen LogP contribution is 2.15. The van der Waals surface area contributed by atoms with E-state index in [0.717, 1.165) is 45.5 Å². The number of carbonyl (C=O) groups is 1. The molecule has 0 radical (unpaired) electrons. The van der Waals surface area contributed by atoms with Crippen molar-refractivity contribution in [1.82, 2.24) is 10.2 Å². The van der Waals surface area contributed by atoms with Crippen molar-refractivity contribution >= 4 is 5.91 Å². The summed E-state index contributed by atoms with van der Waals surface area (Å²) in [6.45, 7) is 5.67. The van der Waals surface area contributed by atoms with Gasteiger partial charge < -0.3 is 15.0 Å². The summed E-state index contributed by atoms with van der Waals surface area (Å²) in [5.74, 6) is 0.275. The molecule has 2 unspecified atom stereocenters. The average molecular weight is 282 g/mol. The van der Waals surface area contributed by atoms with E-state index in [1.54, 1.807) is 0 Å². The van der Waals surface area contributed by atoms with Crippen molar-refractivity contribution in [2.24, 2.45) is 0 Å². The summed E-state index contributed by atoms with van der Waals surface area (Å²) in [4.78, 5) is 14.4. The van der Waals surface area contributed by atoms with Crippen LogP contribution in [0.1, 0.15) is 58.3 Å². The molecule has 1 N–H and O–H groups in total. The molecule has 2 saturated heterocycles. The number of likely N-dealkylation sites (tertiary alicyclic amines) is 1. The summed E-state index contributed by atoms with van der Waals surface area (Å²) < 4.78 is 5.72. The normalized spacial score (nSPS) is 26.1. The van der Waals surface area contributed by atoms with Gasteiger partial charge in [-0.1, -0.05) is 12.8 Å². The van der Waals surface area contributed by atoms with Crippen LogP contribution in [0.4, 0.5) is 0 Å². The number of nitrogens with one attached hydrogen (secondary N) is 1. The molecule has 2 fully saturated rings. The van der Waals surface area contributed by atoms with Gasteiger partial charge in [0.05, 0.1) is 12.1 Å². The van der Waals surface area contributed by atoms with E-state index in [-0.39, 0.29) is 11.9 Å². The van der Waals surface area contributed by atoms with Gasteiger partial charge in [0, 0.05) is 19.7 Å². The molecule has 0 aliphatic carbocycles. The first kappa shape index (κ1) is 15.8. The van der Waals surface area contributed by atoms with Gasteiger partial charge in [0.1, 0.15) is 0 Å². The van der Waals surface area contributed by atoms with Gasteiger partial charge in [0.25, 0.3) is 0 Å². The van der Waals surface area contributed by atoms with Gasteiger partial charge in [0.15, 0.2) is 0 Å². The van der Waals surface area contributed by atoms with E-state index in [0.29, 0.717) is 6.10 Å². The van der Waals surface area contributed by atoms with E-state index in [1.807, 2.05) is 11.8 Å². The molecule has 2 heterocycles. The van der Waals surface area contributed by atoms with Crippen LogP contribution in [-0.4, -0.2) is 49.2 Å². The van der Waals surface area contributed by atoms with Crippen molar-refractivity contribution in [2.75, 3.05) is 26.2 Å². The van der Waals surface area contributed by atoms with E-state index < -0.39 is 0 Å². The van der Waals surface area contributed by atoms with Crippen LogP contribution in [0.5, 0.6) is 0 Å². The van der Waals surface area contributed by atoms with Gasteiger partial charge in [-0.05, 0) is 52.0 Å². The van der Waals surface area contributed by atoms with Gasteiger partial charge >= 0.3 is 0 Å². The lowest BCUT2D eigenvalue weighted by Crippen LogP contribution is -2.46. The molecule has 4 heteroatoms. The van der Waals surface area contributed by atoms with E-state index in [1.165, 1.54) is 32.1 Å². The smallest absolute Gasteiger partial charge is 0.239 e. The third-order valence-corrected chi connectivity index (χ3v) is 4.48. The molecule has 2 aliphatic rings. The summed E-state index contributed by atoms with van der Waals surface area (Å²) >= 11 is 0. The molecule has 0 bridgehead atoms. The summed E-state index contributed by atoms with van der Waals surface area (Å²) in [7, 11) is 0. The molecule has 0 aromatic heterocycles. The minimum atomic E-state index is -0.0586. The first-order chi connectivity index (χ1) is 9.77. The van der Waals surface area contributed by atoms with Gasteiger partial charge in [-0.3, -0.25) is 4.79 Å². The first-order valence-corrected chi connectivity index (χ1v) is 8.41. The fourth-order valence-electron chi connectivity index (χ4n) is 3.15. The fraction of sp³-hybridized carbons (Fsp3) is 0.938. The Kier molecular flexibility index (Phi) is 6.80. The van der Waals surface area contributed by atoms with E-state index in [2.05, 4.69) is 5.32 Å². The zero-order chi connectivity index (χ0) is 14.2. The molecule has 2 aliphatic heterocycles. The lowest BCUT2D eigenvalue weighted by atomic mass is 10.1. The first-order valence-electron chi connectivity index (χ1n) is 8.41. The summed E-state index contributed by atoms with van der Waals surface area (Å²) in [5, 5.41) is 3.38. The van der Waals surface area contributed by atoms with Crippen molar-refractivity contribution in [3.63, 3.8) is 0 Å². The number of nitrogens with zero attached hydrogens (tertiary/aromatic N) is 1. The zero-order valence-corrected chi connectivity index (χ0v) is 12.9. The number of ether oxygens (including phenoxy) is 1. The van der Waals surface area contributed by atoms with Crippen LogP contribution in [0.3, 0.4) is 0 Å². The molecule has 0 spiro atoms. The SMILES string of the molecule is CC(NCCC1CCCCO1)C(=O)N1CCCCCC1. The maximum atomic E-state index is 12.4. The minimum absolute atomic E-state index is 0.0586. The molecule has 2 atom stereocenters.